The van der Waals surface area contributed by atoms with Crippen molar-refractivity contribution in [3.63, 3.8) is 0 Å². The van der Waals surface area contributed by atoms with Gasteiger partial charge in [0.1, 0.15) is 11.2 Å². The summed E-state index contributed by atoms with van der Waals surface area (Å²) in [5.41, 5.74) is 1.76. The van der Waals surface area contributed by atoms with Crippen molar-refractivity contribution in [1.29, 1.82) is 0 Å². The summed E-state index contributed by atoms with van der Waals surface area (Å²) in [6.07, 6.45) is 0.440. The molecule has 0 saturated heterocycles. The molecule has 0 fully saturated rings. The lowest BCUT2D eigenvalue weighted by molar-refractivity contribution is -0.142. The lowest BCUT2D eigenvalue weighted by atomic mass is 9.71. The van der Waals surface area contributed by atoms with Gasteiger partial charge in [-0.1, -0.05) is 49.4 Å². The predicted molar refractivity (Wildman–Crippen MR) is 82.7 cm³/mol. The number of aromatic hydroxyl groups is 1. The van der Waals surface area contributed by atoms with Gasteiger partial charge in [-0.2, -0.15) is 0 Å². The maximum absolute atomic E-state index is 12.1. The minimum atomic E-state index is -1.09. The minimum absolute atomic E-state index is 0.224. The zero-order valence-electron chi connectivity index (χ0n) is 12.6. The van der Waals surface area contributed by atoms with E-state index in [1.165, 1.54) is 0 Å². The number of carboxylic acid groups (broad SMARTS) is 1. The van der Waals surface area contributed by atoms with Crippen LogP contribution in [0.4, 0.5) is 0 Å². The molecule has 0 heterocycles. The Morgan fingerprint density at radius 3 is 2.00 bits per heavy atom. The molecule has 0 aromatic heterocycles. The second-order valence-electron chi connectivity index (χ2n) is 5.39. The second kappa shape index (κ2) is 5.60. The Bertz CT molecular complexity index is 638. The molecule has 2 aromatic rings. The van der Waals surface area contributed by atoms with E-state index in [0.29, 0.717) is 23.1 Å². The minimum Gasteiger partial charge on any atom is -0.507 e. The Hall–Kier alpha value is -2.29. The van der Waals surface area contributed by atoms with Crippen molar-refractivity contribution in [2.45, 2.75) is 32.6 Å². The summed E-state index contributed by atoms with van der Waals surface area (Å²) in [7, 11) is 0. The first-order valence-corrected chi connectivity index (χ1v) is 7.03. The topological polar surface area (TPSA) is 57.5 Å². The summed E-state index contributed by atoms with van der Waals surface area (Å²) >= 11 is 0. The van der Waals surface area contributed by atoms with E-state index in [1.54, 1.807) is 26.0 Å². The summed E-state index contributed by atoms with van der Waals surface area (Å²) in [5.74, 6) is -0.650. The first kappa shape index (κ1) is 15.1. The first-order chi connectivity index (χ1) is 9.93. The van der Waals surface area contributed by atoms with Crippen molar-refractivity contribution in [1.82, 2.24) is 0 Å². The highest BCUT2D eigenvalue weighted by Gasteiger charge is 2.40. The largest absolute Gasteiger partial charge is 0.507 e. The van der Waals surface area contributed by atoms with Crippen molar-refractivity contribution in [2.75, 3.05) is 0 Å². The van der Waals surface area contributed by atoms with Crippen LogP contribution in [0, 0.1) is 13.8 Å². The number of phenols is 1. The summed E-state index contributed by atoms with van der Waals surface area (Å²) in [6.45, 7) is 5.46. The van der Waals surface area contributed by atoms with Crippen LogP contribution >= 0.6 is 0 Å². The van der Waals surface area contributed by atoms with Gasteiger partial charge < -0.3 is 10.2 Å². The molecule has 1 unspecified atom stereocenters. The van der Waals surface area contributed by atoms with E-state index in [4.69, 9.17) is 0 Å². The van der Waals surface area contributed by atoms with Gasteiger partial charge in [0.05, 0.1) is 0 Å². The van der Waals surface area contributed by atoms with Crippen molar-refractivity contribution in [3.8, 4) is 5.75 Å². The Kier molecular flexibility index (Phi) is 4.03. The van der Waals surface area contributed by atoms with Crippen molar-refractivity contribution < 1.29 is 15.0 Å². The van der Waals surface area contributed by atoms with Crippen LogP contribution in [0.3, 0.4) is 0 Å². The lowest BCUT2D eigenvalue weighted by Gasteiger charge is -2.30. The molecular formula is C18H20O3. The summed E-state index contributed by atoms with van der Waals surface area (Å²) < 4.78 is 0. The van der Waals surface area contributed by atoms with Crippen LogP contribution in [-0.2, 0) is 10.2 Å². The standard InChI is InChI=1S/C18H20O3/c1-4-18(17(20)21,14-8-6-5-7-9-14)15-10-12(2)16(19)13(3)11-15/h5-11,19H,4H2,1-3H3,(H,20,21). The molecule has 1 atom stereocenters. The number of rotatable bonds is 4. The molecule has 0 aliphatic carbocycles. The number of carbonyl (C=O) groups is 1. The Labute approximate surface area is 124 Å². The molecule has 0 saturated carbocycles. The first-order valence-electron chi connectivity index (χ1n) is 7.03. The maximum atomic E-state index is 12.1. The number of phenolic OH excluding ortho intramolecular Hbond substituents is 1. The van der Waals surface area contributed by atoms with Crippen molar-refractivity contribution in [2.24, 2.45) is 0 Å². The lowest BCUT2D eigenvalue weighted by Crippen LogP contribution is -2.36. The highest BCUT2D eigenvalue weighted by molar-refractivity contribution is 5.86. The molecule has 2 N–H and O–H groups in total. The third-order valence-electron chi connectivity index (χ3n) is 4.15. The number of aryl methyl sites for hydroxylation is 2. The third kappa shape index (κ3) is 2.40. The Morgan fingerprint density at radius 2 is 1.57 bits per heavy atom. The van der Waals surface area contributed by atoms with Crippen LogP contribution in [0.2, 0.25) is 0 Å². The molecule has 0 aliphatic heterocycles. The summed E-state index contributed by atoms with van der Waals surface area (Å²) in [6, 6.07) is 12.8. The van der Waals surface area contributed by atoms with E-state index in [1.807, 2.05) is 37.3 Å². The Balaban J connectivity index is 2.76. The molecule has 2 aromatic carbocycles. The van der Waals surface area contributed by atoms with E-state index < -0.39 is 11.4 Å². The third-order valence-corrected chi connectivity index (χ3v) is 4.15. The number of benzene rings is 2. The highest BCUT2D eigenvalue weighted by Crippen LogP contribution is 2.38. The molecular weight excluding hydrogens is 264 g/mol. The molecule has 3 heteroatoms. The molecule has 0 aliphatic rings. The van der Waals surface area contributed by atoms with E-state index in [-0.39, 0.29) is 5.75 Å². The van der Waals surface area contributed by atoms with Crippen LogP contribution in [-0.4, -0.2) is 16.2 Å². The number of aliphatic carboxylic acids is 1. The molecule has 0 amide bonds. The SMILES string of the molecule is CCC(C(=O)O)(c1ccccc1)c1cc(C)c(O)c(C)c1. The average molecular weight is 284 g/mol. The molecule has 21 heavy (non-hydrogen) atoms. The molecule has 3 nitrogen and oxygen atoms in total. The summed E-state index contributed by atoms with van der Waals surface area (Å²) in [5, 5.41) is 19.9. The smallest absolute Gasteiger partial charge is 0.318 e. The molecule has 110 valence electrons. The quantitative estimate of drug-likeness (QED) is 0.898. The van der Waals surface area contributed by atoms with Gasteiger partial charge in [0.15, 0.2) is 0 Å². The van der Waals surface area contributed by atoms with Crippen LogP contribution < -0.4 is 0 Å². The molecule has 0 spiro atoms. The van der Waals surface area contributed by atoms with Crippen LogP contribution in [0.1, 0.15) is 35.6 Å². The fraction of sp³-hybridized carbons (Fsp3) is 0.278. The summed E-state index contributed by atoms with van der Waals surface area (Å²) in [4.78, 5) is 12.1. The number of carboxylic acids is 1. The number of hydrogen-bond acceptors (Lipinski definition) is 2. The average Bonchev–Trinajstić information content (AvgIpc) is 2.47. The second-order valence-corrected chi connectivity index (χ2v) is 5.39. The van der Waals surface area contributed by atoms with Crippen LogP contribution in [0.5, 0.6) is 5.75 Å². The van der Waals surface area contributed by atoms with E-state index in [0.717, 1.165) is 5.56 Å². The van der Waals surface area contributed by atoms with Gasteiger partial charge >= 0.3 is 5.97 Å². The van der Waals surface area contributed by atoms with E-state index in [2.05, 4.69) is 0 Å². The van der Waals surface area contributed by atoms with Crippen LogP contribution in [0.25, 0.3) is 0 Å². The van der Waals surface area contributed by atoms with Gasteiger partial charge in [-0.3, -0.25) is 4.79 Å². The van der Waals surface area contributed by atoms with Crippen molar-refractivity contribution >= 4 is 5.97 Å². The zero-order chi connectivity index (χ0) is 15.6. The van der Waals surface area contributed by atoms with E-state index in [9.17, 15) is 15.0 Å². The van der Waals surface area contributed by atoms with Crippen LogP contribution in [0.15, 0.2) is 42.5 Å². The zero-order valence-corrected chi connectivity index (χ0v) is 12.6. The highest BCUT2D eigenvalue weighted by atomic mass is 16.4. The molecule has 2 rings (SSSR count). The van der Waals surface area contributed by atoms with E-state index >= 15 is 0 Å². The molecule has 0 radical (unpaired) electrons. The monoisotopic (exact) mass is 284 g/mol. The van der Waals surface area contributed by atoms with Gasteiger partial charge in [0.2, 0.25) is 0 Å². The van der Waals surface area contributed by atoms with Gasteiger partial charge in [-0.15, -0.1) is 0 Å². The Morgan fingerprint density at radius 1 is 1.05 bits per heavy atom. The number of hydrogen-bond donors (Lipinski definition) is 2. The fourth-order valence-electron chi connectivity index (χ4n) is 2.90. The maximum Gasteiger partial charge on any atom is 0.318 e. The predicted octanol–water partition coefficient (Wildman–Crippen LogP) is 3.79. The van der Waals surface area contributed by atoms with Gasteiger partial charge in [-0.25, -0.2) is 0 Å². The van der Waals surface area contributed by atoms with Gasteiger partial charge in [0, 0.05) is 0 Å². The normalized spacial score (nSPS) is 13.7. The fourth-order valence-corrected chi connectivity index (χ4v) is 2.90. The van der Waals surface area contributed by atoms with Gasteiger partial charge in [-0.05, 0) is 42.5 Å². The van der Waals surface area contributed by atoms with Gasteiger partial charge in [0.25, 0.3) is 0 Å². The van der Waals surface area contributed by atoms with Crippen molar-refractivity contribution in [3.05, 3.63) is 64.7 Å². The molecule has 0 bridgehead atoms.